The van der Waals surface area contributed by atoms with Gasteiger partial charge in [-0.25, -0.2) is 0 Å². The third-order valence-electron chi connectivity index (χ3n) is 2.32. The molecule has 0 fully saturated rings. The van der Waals surface area contributed by atoms with Gasteiger partial charge in [0.15, 0.2) is 0 Å². The van der Waals surface area contributed by atoms with Gasteiger partial charge >= 0.3 is 0 Å². The molecule has 0 saturated carbocycles. The second kappa shape index (κ2) is 5.61. The molecule has 0 atom stereocenters. The van der Waals surface area contributed by atoms with Crippen LogP contribution < -0.4 is 0 Å². The van der Waals surface area contributed by atoms with Crippen LogP contribution in [0.25, 0.3) is 5.57 Å². The van der Waals surface area contributed by atoms with Crippen LogP contribution in [0.1, 0.15) is 18.9 Å². The highest BCUT2D eigenvalue weighted by atomic mass is 15.0. The summed E-state index contributed by atoms with van der Waals surface area (Å²) in [4.78, 5) is 2.21. The summed E-state index contributed by atoms with van der Waals surface area (Å²) in [5.41, 5.74) is 2.77. The Labute approximate surface area is 87.1 Å². The van der Waals surface area contributed by atoms with Crippen LogP contribution in [0.5, 0.6) is 0 Å². The molecule has 0 spiro atoms. The van der Waals surface area contributed by atoms with E-state index in [0.717, 1.165) is 13.0 Å². The SMILES string of the molecule is C/C=C(/CCN(C)C)c1ccccc1. The van der Waals surface area contributed by atoms with Crippen molar-refractivity contribution in [3.05, 3.63) is 42.0 Å². The molecule has 1 nitrogen and oxygen atoms in total. The average molecular weight is 189 g/mol. The molecule has 0 aromatic heterocycles. The van der Waals surface area contributed by atoms with Gasteiger partial charge in [0.2, 0.25) is 0 Å². The van der Waals surface area contributed by atoms with Gasteiger partial charge in [-0.1, -0.05) is 36.4 Å². The highest BCUT2D eigenvalue weighted by molar-refractivity contribution is 5.65. The van der Waals surface area contributed by atoms with Crippen molar-refractivity contribution in [1.82, 2.24) is 4.90 Å². The highest BCUT2D eigenvalue weighted by Gasteiger charge is 1.99. The molecule has 0 N–H and O–H groups in total. The maximum absolute atomic E-state index is 2.21. The maximum Gasteiger partial charge on any atom is 0.00158 e. The first-order valence-electron chi connectivity index (χ1n) is 5.09. The van der Waals surface area contributed by atoms with Gasteiger partial charge in [-0.3, -0.25) is 0 Å². The van der Waals surface area contributed by atoms with E-state index in [0.29, 0.717) is 0 Å². The first-order chi connectivity index (χ1) is 6.74. The Balaban J connectivity index is 2.65. The van der Waals surface area contributed by atoms with Crippen LogP contribution in [-0.2, 0) is 0 Å². The first kappa shape index (κ1) is 11.0. The van der Waals surface area contributed by atoms with Gasteiger partial charge in [-0.2, -0.15) is 0 Å². The number of allylic oxidation sites excluding steroid dienone is 1. The number of nitrogens with zero attached hydrogens (tertiary/aromatic N) is 1. The normalized spacial score (nSPS) is 12.1. The lowest BCUT2D eigenvalue weighted by atomic mass is 10.0. The Morgan fingerprint density at radius 3 is 2.36 bits per heavy atom. The zero-order chi connectivity index (χ0) is 10.4. The molecule has 14 heavy (non-hydrogen) atoms. The summed E-state index contributed by atoms with van der Waals surface area (Å²) in [5.74, 6) is 0. The molecule has 1 heteroatoms. The summed E-state index contributed by atoms with van der Waals surface area (Å²) < 4.78 is 0. The smallest absolute Gasteiger partial charge is 0.00158 e. The molecule has 0 aliphatic rings. The summed E-state index contributed by atoms with van der Waals surface area (Å²) >= 11 is 0. The predicted molar refractivity (Wildman–Crippen MR) is 63.3 cm³/mol. The second-order valence-corrected chi connectivity index (χ2v) is 3.73. The molecule has 1 rings (SSSR count). The van der Waals surface area contributed by atoms with Crippen molar-refractivity contribution >= 4 is 5.57 Å². The van der Waals surface area contributed by atoms with Crippen LogP contribution in [0.4, 0.5) is 0 Å². The second-order valence-electron chi connectivity index (χ2n) is 3.73. The Morgan fingerprint density at radius 1 is 1.21 bits per heavy atom. The number of hydrogen-bond donors (Lipinski definition) is 0. The molecule has 0 aliphatic carbocycles. The van der Waals surface area contributed by atoms with E-state index in [2.05, 4.69) is 62.3 Å². The first-order valence-corrected chi connectivity index (χ1v) is 5.09. The Kier molecular flexibility index (Phi) is 4.41. The Hall–Kier alpha value is -1.08. The van der Waals surface area contributed by atoms with Crippen molar-refractivity contribution in [1.29, 1.82) is 0 Å². The van der Waals surface area contributed by atoms with Crippen LogP contribution in [0.15, 0.2) is 36.4 Å². The lowest BCUT2D eigenvalue weighted by Crippen LogP contribution is -2.13. The zero-order valence-electron chi connectivity index (χ0n) is 9.33. The van der Waals surface area contributed by atoms with Crippen molar-refractivity contribution < 1.29 is 0 Å². The maximum atomic E-state index is 2.21. The van der Waals surface area contributed by atoms with E-state index in [9.17, 15) is 0 Å². The van der Waals surface area contributed by atoms with Gasteiger partial charge in [-0.05, 0) is 38.6 Å². The topological polar surface area (TPSA) is 3.24 Å². The fraction of sp³-hybridized carbons (Fsp3) is 0.385. The monoisotopic (exact) mass is 189 g/mol. The molecule has 76 valence electrons. The summed E-state index contributed by atoms with van der Waals surface area (Å²) in [6.07, 6.45) is 3.33. The largest absolute Gasteiger partial charge is 0.309 e. The molecular weight excluding hydrogens is 170 g/mol. The average Bonchev–Trinajstić information content (AvgIpc) is 2.20. The number of rotatable bonds is 4. The lowest BCUT2D eigenvalue weighted by molar-refractivity contribution is 0.419. The Bertz CT molecular complexity index is 285. The Morgan fingerprint density at radius 2 is 1.86 bits per heavy atom. The summed E-state index contributed by atoms with van der Waals surface area (Å²) in [7, 11) is 4.22. The summed E-state index contributed by atoms with van der Waals surface area (Å²) in [5, 5.41) is 0. The molecule has 0 heterocycles. The molecule has 1 aromatic carbocycles. The minimum absolute atomic E-state index is 1.11. The van der Waals surface area contributed by atoms with Crippen molar-refractivity contribution in [2.75, 3.05) is 20.6 Å². The van der Waals surface area contributed by atoms with Gasteiger partial charge < -0.3 is 4.90 Å². The van der Waals surface area contributed by atoms with Crippen LogP contribution in [0.3, 0.4) is 0 Å². The quantitative estimate of drug-likeness (QED) is 0.703. The van der Waals surface area contributed by atoms with E-state index < -0.39 is 0 Å². The summed E-state index contributed by atoms with van der Waals surface area (Å²) in [6, 6.07) is 10.6. The molecule has 0 unspecified atom stereocenters. The van der Waals surface area contributed by atoms with Crippen molar-refractivity contribution in [2.24, 2.45) is 0 Å². The van der Waals surface area contributed by atoms with Gasteiger partial charge in [0, 0.05) is 6.54 Å². The van der Waals surface area contributed by atoms with Crippen LogP contribution in [0, 0.1) is 0 Å². The molecule has 0 aliphatic heterocycles. The van der Waals surface area contributed by atoms with Crippen molar-refractivity contribution in [3.63, 3.8) is 0 Å². The minimum Gasteiger partial charge on any atom is -0.309 e. The molecule has 0 radical (unpaired) electrons. The van der Waals surface area contributed by atoms with E-state index in [4.69, 9.17) is 0 Å². The fourth-order valence-corrected chi connectivity index (χ4v) is 1.45. The van der Waals surface area contributed by atoms with E-state index >= 15 is 0 Å². The molecular formula is C13H19N. The highest BCUT2D eigenvalue weighted by Crippen LogP contribution is 2.17. The molecule has 0 amide bonds. The van der Waals surface area contributed by atoms with Gasteiger partial charge in [-0.15, -0.1) is 0 Å². The van der Waals surface area contributed by atoms with Crippen LogP contribution >= 0.6 is 0 Å². The van der Waals surface area contributed by atoms with E-state index in [1.54, 1.807) is 0 Å². The van der Waals surface area contributed by atoms with E-state index in [1.807, 2.05) is 0 Å². The zero-order valence-corrected chi connectivity index (χ0v) is 9.33. The van der Waals surface area contributed by atoms with E-state index in [1.165, 1.54) is 11.1 Å². The standard InChI is InChI=1S/C13H19N/c1-4-12(10-11-14(2)3)13-8-6-5-7-9-13/h4-9H,10-11H2,1-3H3/b12-4-. The number of benzene rings is 1. The molecule has 0 saturated heterocycles. The van der Waals surface area contributed by atoms with Crippen molar-refractivity contribution in [3.8, 4) is 0 Å². The van der Waals surface area contributed by atoms with E-state index in [-0.39, 0.29) is 0 Å². The van der Waals surface area contributed by atoms with Crippen LogP contribution in [0.2, 0.25) is 0 Å². The van der Waals surface area contributed by atoms with Gasteiger partial charge in [0.25, 0.3) is 0 Å². The predicted octanol–water partition coefficient (Wildman–Crippen LogP) is 3.04. The van der Waals surface area contributed by atoms with Crippen LogP contribution in [-0.4, -0.2) is 25.5 Å². The van der Waals surface area contributed by atoms with Gasteiger partial charge in [0.05, 0.1) is 0 Å². The fourth-order valence-electron chi connectivity index (χ4n) is 1.45. The lowest BCUT2D eigenvalue weighted by Gasteiger charge is -2.12. The third-order valence-corrected chi connectivity index (χ3v) is 2.32. The molecule has 1 aromatic rings. The van der Waals surface area contributed by atoms with Crippen molar-refractivity contribution in [2.45, 2.75) is 13.3 Å². The number of hydrogen-bond acceptors (Lipinski definition) is 1. The minimum atomic E-state index is 1.11. The van der Waals surface area contributed by atoms with Gasteiger partial charge in [0.1, 0.15) is 0 Å². The third kappa shape index (κ3) is 3.35. The molecule has 0 bridgehead atoms. The summed E-state index contributed by atoms with van der Waals surface area (Å²) in [6.45, 7) is 3.21.